The number of hydrogen-bond acceptors (Lipinski definition) is 3. The summed E-state index contributed by atoms with van der Waals surface area (Å²) in [5.74, 6) is 0. The lowest BCUT2D eigenvalue weighted by Crippen LogP contribution is -2.57. The SMILES string of the molecule is CN1CCC(CO)(NC2CCCC2)CC1. The molecular formula is C12H24N2O. The maximum Gasteiger partial charge on any atom is 0.0614 e. The van der Waals surface area contributed by atoms with Gasteiger partial charge in [-0.2, -0.15) is 0 Å². The minimum atomic E-state index is 0.0293. The van der Waals surface area contributed by atoms with Gasteiger partial charge in [0.1, 0.15) is 0 Å². The van der Waals surface area contributed by atoms with Crippen LogP contribution >= 0.6 is 0 Å². The van der Waals surface area contributed by atoms with Crippen LogP contribution in [0.2, 0.25) is 0 Å². The average molecular weight is 212 g/mol. The third-order valence-electron chi connectivity index (χ3n) is 4.11. The van der Waals surface area contributed by atoms with Gasteiger partial charge in [0.05, 0.1) is 6.61 Å². The molecule has 2 rings (SSSR count). The van der Waals surface area contributed by atoms with Crippen LogP contribution < -0.4 is 5.32 Å². The number of aliphatic hydroxyl groups excluding tert-OH is 1. The van der Waals surface area contributed by atoms with Crippen molar-refractivity contribution in [2.24, 2.45) is 0 Å². The molecule has 1 saturated heterocycles. The van der Waals surface area contributed by atoms with Crippen LogP contribution in [0.3, 0.4) is 0 Å². The highest BCUT2D eigenvalue weighted by molar-refractivity contribution is 4.95. The van der Waals surface area contributed by atoms with Gasteiger partial charge in [-0.15, -0.1) is 0 Å². The smallest absolute Gasteiger partial charge is 0.0614 e. The van der Waals surface area contributed by atoms with Gasteiger partial charge in [-0.25, -0.2) is 0 Å². The van der Waals surface area contributed by atoms with Crippen LogP contribution in [-0.4, -0.2) is 48.3 Å². The monoisotopic (exact) mass is 212 g/mol. The van der Waals surface area contributed by atoms with Gasteiger partial charge in [0.2, 0.25) is 0 Å². The van der Waals surface area contributed by atoms with E-state index in [2.05, 4.69) is 17.3 Å². The molecule has 15 heavy (non-hydrogen) atoms. The normalized spacial score (nSPS) is 28.4. The van der Waals surface area contributed by atoms with Gasteiger partial charge >= 0.3 is 0 Å². The van der Waals surface area contributed by atoms with Crippen molar-refractivity contribution in [1.29, 1.82) is 0 Å². The van der Waals surface area contributed by atoms with Crippen molar-refractivity contribution in [2.45, 2.75) is 50.1 Å². The summed E-state index contributed by atoms with van der Waals surface area (Å²) in [6, 6.07) is 0.667. The number of rotatable bonds is 3. The van der Waals surface area contributed by atoms with Gasteiger partial charge in [-0.3, -0.25) is 0 Å². The average Bonchev–Trinajstić information content (AvgIpc) is 2.75. The number of aliphatic hydroxyl groups is 1. The van der Waals surface area contributed by atoms with Gasteiger partial charge in [-0.1, -0.05) is 12.8 Å². The summed E-state index contributed by atoms with van der Waals surface area (Å²) in [7, 11) is 2.16. The van der Waals surface area contributed by atoms with Gasteiger partial charge in [0.15, 0.2) is 0 Å². The first kappa shape index (κ1) is 11.4. The summed E-state index contributed by atoms with van der Waals surface area (Å²) in [5, 5.41) is 13.3. The molecule has 0 atom stereocenters. The maximum absolute atomic E-state index is 9.61. The van der Waals surface area contributed by atoms with Gasteiger partial charge in [-0.05, 0) is 45.8 Å². The topological polar surface area (TPSA) is 35.5 Å². The number of hydrogen-bond donors (Lipinski definition) is 2. The van der Waals surface area contributed by atoms with Crippen LogP contribution in [0.1, 0.15) is 38.5 Å². The zero-order valence-electron chi connectivity index (χ0n) is 9.84. The number of piperidine rings is 1. The minimum Gasteiger partial charge on any atom is -0.394 e. The highest BCUT2D eigenvalue weighted by Crippen LogP contribution is 2.26. The van der Waals surface area contributed by atoms with Crippen molar-refractivity contribution in [3.63, 3.8) is 0 Å². The molecule has 0 bridgehead atoms. The molecule has 1 aliphatic carbocycles. The second-order valence-corrected chi connectivity index (χ2v) is 5.37. The Balaban J connectivity index is 1.89. The zero-order chi connectivity index (χ0) is 10.7. The van der Waals surface area contributed by atoms with Crippen LogP contribution in [-0.2, 0) is 0 Å². The standard InChI is InChI=1S/C12H24N2O/c1-14-8-6-12(10-15,7-9-14)13-11-4-2-3-5-11/h11,13,15H,2-10H2,1H3. The van der Waals surface area contributed by atoms with Crippen molar-refractivity contribution < 1.29 is 5.11 Å². The summed E-state index contributed by atoms with van der Waals surface area (Å²) in [4.78, 5) is 2.35. The Bertz CT molecular complexity index is 194. The first-order valence-electron chi connectivity index (χ1n) is 6.31. The molecule has 2 aliphatic rings. The minimum absolute atomic E-state index is 0.0293. The molecule has 0 aromatic rings. The fourth-order valence-corrected chi connectivity index (χ4v) is 2.90. The molecule has 3 nitrogen and oxygen atoms in total. The van der Waals surface area contributed by atoms with E-state index in [-0.39, 0.29) is 5.54 Å². The van der Waals surface area contributed by atoms with Crippen LogP contribution in [0, 0.1) is 0 Å². The summed E-state index contributed by atoms with van der Waals surface area (Å²) in [6.07, 6.45) is 7.51. The Kier molecular flexibility index (Phi) is 3.65. The number of likely N-dealkylation sites (tertiary alicyclic amines) is 1. The third-order valence-corrected chi connectivity index (χ3v) is 4.11. The Morgan fingerprint density at radius 2 is 1.87 bits per heavy atom. The molecule has 2 N–H and O–H groups in total. The summed E-state index contributed by atoms with van der Waals surface area (Å²) >= 11 is 0. The van der Waals surface area contributed by atoms with E-state index in [1.165, 1.54) is 25.7 Å². The van der Waals surface area contributed by atoms with E-state index in [1.54, 1.807) is 0 Å². The van der Waals surface area contributed by atoms with Crippen LogP contribution in [0.5, 0.6) is 0 Å². The Morgan fingerprint density at radius 1 is 1.27 bits per heavy atom. The number of nitrogens with zero attached hydrogens (tertiary/aromatic N) is 1. The Morgan fingerprint density at radius 3 is 2.40 bits per heavy atom. The quantitative estimate of drug-likeness (QED) is 0.732. The van der Waals surface area contributed by atoms with E-state index in [0.717, 1.165) is 25.9 Å². The summed E-state index contributed by atoms with van der Waals surface area (Å²) in [5.41, 5.74) is 0.0293. The van der Waals surface area contributed by atoms with Gasteiger partial charge in [0, 0.05) is 11.6 Å². The van der Waals surface area contributed by atoms with E-state index in [4.69, 9.17) is 0 Å². The Hall–Kier alpha value is -0.120. The molecular weight excluding hydrogens is 188 g/mol. The largest absolute Gasteiger partial charge is 0.394 e. The molecule has 0 amide bonds. The molecule has 0 radical (unpaired) electrons. The predicted octanol–water partition coefficient (Wildman–Crippen LogP) is 0.975. The lowest BCUT2D eigenvalue weighted by atomic mass is 9.87. The molecule has 88 valence electrons. The third kappa shape index (κ3) is 2.71. The highest BCUT2D eigenvalue weighted by atomic mass is 16.3. The van der Waals surface area contributed by atoms with E-state index in [1.807, 2.05) is 0 Å². The molecule has 0 aromatic carbocycles. The van der Waals surface area contributed by atoms with Crippen LogP contribution in [0.4, 0.5) is 0 Å². The zero-order valence-corrected chi connectivity index (χ0v) is 9.84. The lowest BCUT2D eigenvalue weighted by Gasteiger charge is -2.42. The predicted molar refractivity (Wildman–Crippen MR) is 61.9 cm³/mol. The van der Waals surface area contributed by atoms with Crippen molar-refractivity contribution in [2.75, 3.05) is 26.7 Å². The molecule has 1 aliphatic heterocycles. The van der Waals surface area contributed by atoms with E-state index < -0.39 is 0 Å². The van der Waals surface area contributed by atoms with Gasteiger partial charge in [0.25, 0.3) is 0 Å². The van der Waals surface area contributed by atoms with Crippen molar-refractivity contribution in [1.82, 2.24) is 10.2 Å². The second kappa shape index (κ2) is 4.81. The lowest BCUT2D eigenvalue weighted by molar-refractivity contribution is 0.0797. The second-order valence-electron chi connectivity index (χ2n) is 5.37. The fraction of sp³-hybridized carbons (Fsp3) is 1.00. The van der Waals surface area contributed by atoms with Crippen LogP contribution in [0.15, 0.2) is 0 Å². The molecule has 1 heterocycles. The summed E-state index contributed by atoms with van der Waals surface area (Å²) < 4.78 is 0. The molecule has 2 fully saturated rings. The van der Waals surface area contributed by atoms with E-state index in [0.29, 0.717) is 12.6 Å². The first-order valence-corrected chi connectivity index (χ1v) is 6.31. The molecule has 0 aromatic heterocycles. The highest BCUT2D eigenvalue weighted by Gasteiger charge is 2.35. The van der Waals surface area contributed by atoms with Crippen molar-refractivity contribution >= 4 is 0 Å². The van der Waals surface area contributed by atoms with Crippen molar-refractivity contribution in [3.8, 4) is 0 Å². The van der Waals surface area contributed by atoms with E-state index >= 15 is 0 Å². The summed E-state index contributed by atoms with van der Waals surface area (Å²) in [6.45, 7) is 2.53. The Labute approximate surface area is 92.8 Å². The van der Waals surface area contributed by atoms with Gasteiger partial charge < -0.3 is 15.3 Å². The molecule has 3 heteroatoms. The van der Waals surface area contributed by atoms with Crippen LogP contribution in [0.25, 0.3) is 0 Å². The molecule has 1 saturated carbocycles. The molecule has 0 unspecified atom stereocenters. The molecule has 0 spiro atoms. The van der Waals surface area contributed by atoms with E-state index in [9.17, 15) is 5.11 Å². The fourth-order valence-electron chi connectivity index (χ4n) is 2.90. The maximum atomic E-state index is 9.61. The number of nitrogens with one attached hydrogen (secondary N) is 1. The first-order chi connectivity index (χ1) is 7.24. The van der Waals surface area contributed by atoms with Crippen molar-refractivity contribution in [3.05, 3.63) is 0 Å².